The molecule has 0 aliphatic carbocycles. The smallest absolute Gasteiger partial charge is 0.239 e. The van der Waals surface area contributed by atoms with Gasteiger partial charge in [-0.1, -0.05) is 0 Å². The molecular weight excluding hydrogens is 282 g/mol. The third-order valence-corrected chi connectivity index (χ3v) is 3.95. The van der Waals surface area contributed by atoms with Crippen LogP contribution in [0.1, 0.15) is 18.4 Å². The maximum absolute atomic E-state index is 11.2. The number of hydrogen-bond donors (Lipinski definition) is 1. The highest BCUT2D eigenvalue weighted by Crippen LogP contribution is 2.21. The second-order valence-corrected chi connectivity index (χ2v) is 6.11. The summed E-state index contributed by atoms with van der Waals surface area (Å²) in [6, 6.07) is 3.03. The second kappa shape index (κ2) is 6.17. The molecule has 0 spiro atoms. The Balaban J connectivity index is 2.10. The van der Waals surface area contributed by atoms with Crippen LogP contribution in [0, 0.1) is 17.2 Å². The third-order valence-electron chi connectivity index (χ3n) is 3.07. The summed E-state index contributed by atoms with van der Waals surface area (Å²) in [7, 11) is -3.87. The average molecular weight is 297 g/mol. The summed E-state index contributed by atoms with van der Waals surface area (Å²) in [5.41, 5.74) is 0.0589. The van der Waals surface area contributed by atoms with Gasteiger partial charge in [0.05, 0.1) is 12.8 Å². The predicted molar refractivity (Wildman–Crippen MR) is 69.4 cm³/mol. The Labute approximate surface area is 117 Å². The fourth-order valence-corrected chi connectivity index (χ4v) is 2.38. The molecule has 0 amide bonds. The zero-order valence-electron chi connectivity index (χ0n) is 10.8. The molecule has 1 saturated heterocycles. The summed E-state index contributed by atoms with van der Waals surface area (Å²) in [5, 5.41) is 14.0. The molecule has 0 unspecified atom stereocenters. The highest BCUT2D eigenvalue weighted by atomic mass is 32.2. The van der Waals surface area contributed by atoms with Crippen molar-refractivity contribution in [3.8, 4) is 11.9 Å². The summed E-state index contributed by atoms with van der Waals surface area (Å²) in [4.78, 5) is 3.66. The van der Waals surface area contributed by atoms with E-state index in [1.807, 2.05) is 6.07 Å². The van der Waals surface area contributed by atoms with Crippen LogP contribution in [0.5, 0.6) is 5.88 Å². The largest absolute Gasteiger partial charge is 0.476 e. The van der Waals surface area contributed by atoms with Gasteiger partial charge >= 0.3 is 0 Å². The molecule has 2 rings (SSSR count). The van der Waals surface area contributed by atoms with Crippen molar-refractivity contribution in [1.29, 1.82) is 5.26 Å². The summed E-state index contributed by atoms with van der Waals surface area (Å²) in [6.45, 7) is 1.84. The molecule has 7 nitrogen and oxygen atoms in total. The van der Waals surface area contributed by atoms with E-state index in [1.165, 1.54) is 6.07 Å². The molecule has 1 aromatic heterocycles. The van der Waals surface area contributed by atoms with Gasteiger partial charge in [0.2, 0.25) is 15.9 Å². The van der Waals surface area contributed by atoms with Crippen LogP contribution in [0.25, 0.3) is 0 Å². The zero-order valence-corrected chi connectivity index (χ0v) is 11.6. The number of nitriles is 1. The van der Waals surface area contributed by atoms with Gasteiger partial charge in [-0.2, -0.15) is 5.26 Å². The van der Waals surface area contributed by atoms with Gasteiger partial charge in [-0.15, -0.1) is 0 Å². The lowest BCUT2D eigenvalue weighted by atomic mass is 10.0. The molecule has 1 fully saturated rings. The molecule has 0 bridgehead atoms. The highest BCUT2D eigenvalue weighted by Gasteiger charge is 2.17. The normalized spacial score (nSPS) is 16.6. The SMILES string of the molecule is N#Cc1cc(S(N)(=O)=O)cnc1OCC1CCOCC1. The lowest BCUT2D eigenvalue weighted by Crippen LogP contribution is -2.22. The summed E-state index contributed by atoms with van der Waals surface area (Å²) in [6.07, 6.45) is 2.89. The van der Waals surface area contributed by atoms with Gasteiger partial charge in [0.15, 0.2) is 0 Å². The number of aromatic nitrogens is 1. The van der Waals surface area contributed by atoms with Crippen molar-refractivity contribution in [3.05, 3.63) is 17.8 Å². The molecule has 1 aliphatic rings. The first-order valence-corrected chi connectivity index (χ1v) is 7.69. The molecular formula is C12H15N3O4S. The topological polar surface area (TPSA) is 115 Å². The first-order valence-electron chi connectivity index (χ1n) is 6.14. The lowest BCUT2D eigenvalue weighted by Gasteiger charge is -2.21. The van der Waals surface area contributed by atoms with Crippen molar-refractivity contribution in [3.63, 3.8) is 0 Å². The molecule has 8 heteroatoms. The van der Waals surface area contributed by atoms with Crippen molar-refractivity contribution in [2.24, 2.45) is 11.1 Å². The Bertz CT molecular complexity index is 618. The lowest BCUT2D eigenvalue weighted by molar-refractivity contribution is 0.0490. The number of nitrogens with zero attached hydrogens (tertiary/aromatic N) is 2. The zero-order chi connectivity index (χ0) is 14.6. The Morgan fingerprint density at radius 2 is 2.20 bits per heavy atom. The van der Waals surface area contributed by atoms with Gasteiger partial charge in [-0.05, 0) is 24.8 Å². The van der Waals surface area contributed by atoms with Crippen LogP contribution in [-0.4, -0.2) is 33.2 Å². The van der Waals surface area contributed by atoms with Crippen LogP contribution < -0.4 is 9.88 Å². The van der Waals surface area contributed by atoms with E-state index in [2.05, 4.69) is 4.98 Å². The Morgan fingerprint density at radius 1 is 1.50 bits per heavy atom. The fraction of sp³-hybridized carbons (Fsp3) is 0.500. The minimum Gasteiger partial charge on any atom is -0.476 e. The number of primary sulfonamides is 1. The van der Waals surface area contributed by atoms with Crippen molar-refractivity contribution >= 4 is 10.0 Å². The molecule has 20 heavy (non-hydrogen) atoms. The predicted octanol–water partition coefficient (Wildman–Crippen LogP) is 0.406. The summed E-state index contributed by atoms with van der Waals surface area (Å²) < 4.78 is 33.1. The molecule has 108 valence electrons. The number of sulfonamides is 1. The molecule has 0 aromatic carbocycles. The van der Waals surface area contributed by atoms with Crippen LogP contribution in [0.15, 0.2) is 17.2 Å². The van der Waals surface area contributed by atoms with E-state index in [4.69, 9.17) is 19.9 Å². The quantitative estimate of drug-likeness (QED) is 0.860. The van der Waals surface area contributed by atoms with E-state index >= 15 is 0 Å². The van der Waals surface area contributed by atoms with Gasteiger partial charge < -0.3 is 9.47 Å². The minimum absolute atomic E-state index is 0.0589. The van der Waals surface area contributed by atoms with E-state index in [0.29, 0.717) is 25.7 Å². The molecule has 2 heterocycles. The van der Waals surface area contributed by atoms with E-state index in [9.17, 15) is 8.42 Å². The Hall–Kier alpha value is -1.69. The fourth-order valence-electron chi connectivity index (χ4n) is 1.89. The Morgan fingerprint density at radius 3 is 2.80 bits per heavy atom. The van der Waals surface area contributed by atoms with Crippen molar-refractivity contribution in [1.82, 2.24) is 4.98 Å². The molecule has 0 radical (unpaired) electrons. The first-order chi connectivity index (χ1) is 9.50. The highest BCUT2D eigenvalue weighted by molar-refractivity contribution is 7.89. The van der Waals surface area contributed by atoms with Crippen molar-refractivity contribution < 1.29 is 17.9 Å². The monoisotopic (exact) mass is 297 g/mol. The van der Waals surface area contributed by atoms with Crippen LogP contribution in [-0.2, 0) is 14.8 Å². The van der Waals surface area contributed by atoms with E-state index in [-0.39, 0.29) is 16.3 Å². The van der Waals surface area contributed by atoms with Crippen molar-refractivity contribution in [2.75, 3.05) is 19.8 Å². The van der Waals surface area contributed by atoms with E-state index in [1.54, 1.807) is 0 Å². The molecule has 1 aliphatic heterocycles. The van der Waals surface area contributed by atoms with Crippen LogP contribution in [0.2, 0.25) is 0 Å². The molecule has 0 atom stereocenters. The maximum atomic E-state index is 11.2. The number of nitrogens with two attached hydrogens (primary N) is 1. The first kappa shape index (κ1) is 14.7. The minimum atomic E-state index is -3.87. The van der Waals surface area contributed by atoms with E-state index < -0.39 is 10.0 Å². The molecule has 2 N–H and O–H groups in total. The Kier molecular flexibility index (Phi) is 4.54. The van der Waals surface area contributed by atoms with Gasteiger partial charge in [0.25, 0.3) is 0 Å². The van der Waals surface area contributed by atoms with Crippen LogP contribution in [0.3, 0.4) is 0 Å². The van der Waals surface area contributed by atoms with Crippen LogP contribution >= 0.6 is 0 Å². The number of hydrogen-bond acceptors (Lipinski definition) is 6. The summed E-state index contributed by atoms with van der Waals surface area (Å²) in [5.74, 6) is 0.487. The average Bonchev–Trinajstić information content (AvgIpc) is 2.45. The number of pyridine rings is 1. The van der Waals surface area contributed by atoms with Crippen LogP contribution in [0.4, 0.5) is 0 Å². The van der Waals surface area contributed by atoms with E-state index in [0.717, 1.165) is 19.0 Å². The van der Waals surface area contributed by atoms with Gasteiger partial charge in [-0.3, -0.25) is 0 Å². The number of rotatable bonds is 4. The molecule has 0 saturated carbocycles. The third kappa shape index (κ3) is 3.66. The van der Waals surface area contributed by atoms with Crippen molar-refractivity contribution in [2.45, 2.75) is 17.7 Å². The maximum Gasteiger partial charge on any atom is 0.239 e. The van der Waals surface area contributed by atoms with Gasteiger partial charge in [0, 0.05) is 13.2 Å². The standard InChI is InChI=1S/C12H15N3O4S/c13-6-10-5-11(20(14,16)17)7-15-12(10)19-8-9-1-3-18-4-2-9/h5,7,9H,1-4,8H2,(H2,14,16,17). The van der Waals surface area contributed by atoms with Gasteiger partial charge in [0.1, 0.15) is 16.5 Å². The molecule has 1 aromatic rings. The second-order valence-electron chi connectivity index (χ2n) is 4.55. The van der Waals surface area contributed by atoms with Gasteiger partial charge in [-0.25, -0.2) is 18.5 Å². The number of ether oxygens (including phenoxy) is 2. The summed E-state index contributed by atoms with van der Waals surface area (Å²) >= 11 is 0.